The Kier molecular flexibility index (Phi) is 8.98. The average Bonchev–Trinajstić information content (AvgIpc) is 2.93. The van der Waals surface area contributed by atoms with Crippen molar-refractivity contribution in [1.29, 1.82) is 0 Å². The minimum Gasteiger partial charge on any atom is -0.385 e. The molecule has 0 saturated carbocycles. The van der Waals surface area contributed by atoms with Crippen LogP contribution in [-0.4, -0.2) is 54.0 Å². The van der Waals surface area contributed by atoms with E-state index in [1.165, 1.54) is 33.3 Å². The fourth-order valence-electron chi connectivity index (χ4n) is 5.93. The van der Waals surface area contributed by atoms with Gasteiger partial charge in [0, 0.05) is 47.6 Å². The molecule has 0 spiro atoms. The van der Waals surface area contributed by atoms with E-state index in [1.807, 2.05) is 0 Å². The molecule has 2 unspecified atom stereocenters. The number of fused-ring (bicyclic) bond motifs is 1. The molecule has 2 atom stereocenters. The Morgan fingerprint density at radius 2 is 1.56 bits per heavy atom. The van der Waals surface area contributed by atoms with E-state index in [9.17, 15) is 0 Å². The van der Waals surface area contributed by atoms with Gasteiger partial charge in [0.25, 0.3) is 0 Å². The van der Waals surface area contributed by atoms with Crippen molar-refractivity contribution in [1.82, 2.24) is 4.90 Å². The van der Waals surface area contributed by atoms with Crippen molar-refractivity contribution in [3.05, 3.63) is 90.1 Å². The molecule has 0 saturated heterocycles. The summed E-state index contributed by atoms with van der Waals surface area (Å²) in [6, 6.07) is 14.0. The largest absolute Gasteiger partial charge is 0.385 e. The van der Waals surface area contributed by atoms with Crippen LogP contribution in [0.4, 0.5) is 5.69 Å². The molecule has 3 nitrogen and oxygen atoms in total. The molecule has 2 aromatic carbocycles. The van der Waals surface area contributed by atoms with Crippen molar-refractivity contribution in [2.75, 3.05) is 38.0 Å². The Balaban J connectivity index is 1.78. The average molecular weight is 483 g/mol. The number of anilines is 1. The van der Waals surface area contributed by atoms with Crippen molar-refractivity contribution in [2.45, 2.75) is 53.0 Å². The maximum Gasteiger partial charge on any atom is 0.199 e. The van der Waals surface area contributed by atoms with Crippen molar-refractivity contribution in [3.63, 3.8) is 0 Å². The van der Waals surface area contributed by atoms with Gasteiger partial charge in [-0.05, 0) is 62.9 Å². The molecule has 2 aliphatic carbocycles. The van der Waals surface area contributed by atoms with Crippen LogP contribution in [0, 0.1) is 5.92 Å². The molecule has 2 aromatic rings. The number of benzene rings is 2. The van der Waals surface area contributed by atoms with Crippen LogP contribution in [0.5, 0.6) is 0 Å². The summed E-state index contributed by atoms with van der Waals surface area (Å²) >= 11 is 0. The first kappa shape index (κ1) is 26.2. The van der Waals surface area contributed by atoms with Crippen molar-refractivity contribution in [3.8, 4) is 0 Å². The Labute approximate surface area is 218 Å². The van der Waals surface area contributed by atoms with E-state index in [1.54, 1.807) is 0 Å². The topological polar surface area (TPSA) is 18.3 Å². The smallest absolute Gasteiger partial charge is 0.199 e. The van der Waals surface area contributed by atoms with Crippen LogP contribution < -0.4 is 5.32 Å². The zero-order valence-corrected chi connectivity index (χ0v) is 22.9. The lowest BCUT2D eigenvalue weighted by atomic mass is 9.75. The van der Waals surface area contributed by atoms with Crippen molar-refractivity contribution in [2.24, 2.45) is 5.92 Å². The fraction of sp³-hybridized carbons (Fsp3) is 0.424. The number of nitrogens with one attached hydrogen (secondary N) is 1. The highest BCUT2D eigenvalue weighted by molar-refractivity contribution is 6.01. The van der Waals surface area contributed by atoms with E-state index >= 15 is 0 Å². The van der Waals surface area contributed by atoms with Gasteiger partial charge < -0.3 is 5.32 Å². The molecule has 0 heterocycles. The molecular formula is C33H44N3+. The predicted octanol–water partition coefficient (Wildman–Crippen LogP) is 7.19. The van der Waals surface area contributed by atoms with Gasteiger partial charge in [0.2, 0.25) is 0 Å². The molecule has 0 radical (unpaired) electrons. The first-order chi connectivity index (χ1) is 17.6. The standard InChI is InChI=1S/C33H44N3/c1-6-34-32-24-23-31(29-13-11-12-14-30(29)32)33(25-15-19-27(20-16-25)35(7-2)8-3)26-17-21-28(22-18-26)36(9-4)10-5/h11-21,23-25,28,33-34H,6-10,22H2,1-5H3/q+1. The summed E-state index contributed by atoms with van der Waals surface area (Å²) in [6.07, 6.45) is 18.0. The summed E-state index contributed by atoms with van der Waals surface area (Å²) in [5, 5.41) is 6.22. The first-order valence-corrected chi connectivity index (χ1v) is 14.0. The second-order valence-electron chi connectivity index (χ2n) is 9.74. The lowest BCUT2D eigenvalue weighted by Crippen LogP contribution is -2.34. The van der Waals surface area contributed by atoms with Gasteiger partial charge in [-0.1, -0.05) is 74.6 Å². The monoisotopic (exact) mass is 482 g/mol. The zero-order valence-electron chi connectivity index (χ0n) is 22.9. The van der Waals surface area contributed by atoms with Crippen LogP contribution >= 0.6 is 0 Å². The molecule has 3 heteroatoms. The first-order valence-electron chi connectivity index (χ1n) is 14.0. The predicted molar refractivity (Wildman–Crippen MR) is 158 cm³/mol. The molecule has 0 fully saturated rings. The summed E-state index contributed by atoms with van der Waals surface area (Å²) in [5.41, 5.74) is 5.38. The highest BCUT2D eigenvalue weighted by Gasteiger charge is 2.28. The van der Waals surface area contributed by atoms with Crippen LogP contribution in [-0.2, 0) is 0 Å². The normalized spacial score (nSPS) is 20.2. The highest BCUT2D eigenvalue weighted by Crippen LogP contribution is 2.42. The van der Waals surface area contributed by atoms with Gasteiger partial charge in [-0.3, -0.25) is 4.90 Å². The number of hydrogen-bond donors (Lipinski definition) is 1. The summed E-state index contributed by atoms with van der Waals surface area (Å²) < 4.78 is 2.42. The van der Waals surface area contributed by atoms with Crippen molar-refractivity contribution >= 4 is 22.2 Å². The van der Waals surface area contributed by atoms with E-state index in [2.05, 4.69) is 128 Å². The third-order valence-electron chi connectivity index (χ3n) is 7.90. The lowest BCUT2D eigenvalue weighted by Gasteiger charge is -2.32. The molecule has 190 valence electrons. The Morgan fingerprint density at radius 3 is 2.14 bits per heavy atom. The highest BCUT2D eigenvalue weighted by atomic mass is 15.1. The van der Waals surface area contributed by atoms with Crippen LogP contribution in [0.1, 0.15) is 52.5 Å². The summed E-state index contributed by atoms with van der Waals surface area (Å²) in [6.45, 7) is 16.3. The van der Waals surface area contributed by atoms with E-state index in [-0.39, 0.29) is 5.92 Å². The molecule has 0 bridgehead atoms. The second kappa shape index (κ2) is 12.4. The number of rotatable bonds is 10. The SMILES string of the molecule is CCNc1ccc(C(C2=CCC(N(CC)CC)C=C2)C2C=CC(=[N+](CC)CC)C=C2)c2ccccc12. The van der Waals surface area contributed by atoms with E-state index in [4.69, 9.17) is 0 Å². The summed E-state index contributed by atoms with van der Waals surface area (Å²) in [4.78, 5) is 2.55. The van der Waals surface area contributed by atoms with Gasteiger partial charge in [-0.25, -0.2) is 4.58 Å². The van der Waals surface area contributed by atoms with Crippen LogP contribution in [0.25, 0.3) is 10.8 Å². The van der Waals surface area contributed by atoms with Crippen molar-refractivity contribution < 1.29 is 4.58 Å². The maximum absolute atomic E-state index is 3.57. The van der Waals surface area contributed by atoms with E-state index in [0.717, 1.165) is 39.1 Å². The molecule has 1 N–H and O–H groups in total. The molecule has 0 aromatic heterocycles. The van der Waals surface area contributed by atoms with E-state index < -0.39 is 0 Å². The minimum atomic E-state index is 0.283. The second-order valence-corrected chi connectivity index (χ2v) is 9.74. The number of likely N-dealkylation sites (N-methyl/N-ethyl adjacent to an activating group) is 1. The van der Waals surface area contributed by atoms with Gasteiger partial charge in [0.05, 0.1) is 0 Å². The molecule has 0 amide bonds. The maximum atomic E-state index is 3.57. The Bertz CT molecular complexity index is 1170. The Morgan fingerprint density at radius 1 is 0.861 bits per heavy atom. The van der Waals surface area contributed by atoms with Gasteiger partial charge in [0.15, 0.2) is 5.71 Å². The van der Waals surface area contributed by atoms with E-state index in [0.29, 0.717) is 12.0 Å². The van der Waals surface area contributed by atoms with Crippen LogP contribution in [0.3, 0.4) is 0 Å². The molecule has 2 aliphatic rings. The van der Waals surface area contributed by atoms with Gasteiger partial charge in [0.1, 0.15) is 13.1 Å². The number of nitrogens with zero attached hydrogens (tertiary/aromatic N) is 2. The fourth-order valence-corrected chi connectivity index (χ4v) is 5.93. The zero-order chi connectivity index (χ0) is 25.5. The van der Waals surface area contributed by atoms with Gasteiger partial charge >= 0.3 is 0 Å². The quantitative estimate of drug-likeness (QED) is 0.361. The molecule has 36 heavy (non-hydrogen) atoms. The van der Waals surface area contributed by atoms with Crippen LogP contribution in [0.2, 0.25) is 0 Å². The number of hydrogen-bond acceptors (Lipinski definition) is 2. The third-order valence-corrected chi connectivity index (χ3v) is 7.90. The molecule has 4 rings (SSSR count). The molecule has 0 aliphatic heterocycles. The molecular weight excluding hydrogens is 438 g/mol. The minimum absolute atomic E-state index is 0.283. The Hall–Kier alpha value is -2.91. The summed E-state index contributed by atoms with van der Waals surface area (Å²) in [5.74, 6) is 0.601. The van der Waals surface area contributed by atoms with Gasteiger partial charge in [-0.2, -0.15) is 0 Å². The summed E-state index contributed by atoms with van der Waals surface area (Å²) in [7, 11) is 0. The van der Waals surface area contributed by atoms with Gasteiger partial charge in [-0.15, -0.1) is 0 Å². The third kappa shape index (κ3) is 5.42. The van der Waals surface area contributed by atoms with Crippen LogP contribution in [0.15, 0.2) is 84.5 Å². The number of allylic oxidation sites excluding steroid dienone is 6. The lowest BCUT2D eigenvalue weighted by molar-refractivity contribution is -0.519.